The van der Waals surface area contributed by atoms with Gasteiger partial charge in [0.05, 0.1) is 11.2 Å². The molecule has 6 nitrogen and oxygen atoms in total. The molecule has 0 aromatic rings. The fourth-order valence-corrected chi connectivity index (χ4v) is 6.16. The highest BCUT2D eigenvalue weighted by Gasteiger charge is 2.51. The van der Waals surface area contributed by atoms with Crippen LogP contribution in [0.15, 0.2) is 0 Å². The summed E-state index contributed by atoms with van der Waals surface area (Å²) in [6.45, 7) is 5.01. The third-order valence-corrected chi connectivity index (χ3v) is 7.70. The van der Waals surface area contributed by atoms with E-state index in [1.807, 2.05) is 11.8 Å². The van der Waals surface area contributed by atoms with Gasteiger partial charge in [-0.3, -0.25) is 4.79 Å². The van der Waals surface area contributed by atoms with Gasteiger partial charge in [0.15, 0.2) is 0 Å². The van der Waals surface area contributed by atoms with Gasteiger partial charge in [0.1, 0.15) is 0 Å². The molecule has 3 aliphatic rings. The van der Waals surface area contributed by atoms with E-state index in [4.69, 9.17) is 0 Å². The first-order valence-electron chi connectivity index (χ1n) is 9.47. The van der Waals surface area contributed by atoms with Crippen molar-refractivity contribution >= 4 is 15.9 Å². The molecule has 0 aromatic heterocycles. The first kappa shape index (κ1) is 18.1. The van der Waals surface area contributed by atoms with Crippen molar-refractivity contribution in [2.24, 2.45) is 11.3 Å². The number of fused-ring (bicyclic) bond motifs is 1. The summed E-state index contributed by atoms with van der Waals surface area (Å²) in [4.78, 5) is 15.2. The monoisotopic (exact) mass is 357 g/mol. The number of hydrogen-bond donors (Lipinski definition) is 2. The van der Waals surface area contributed by atoms with Gasteiger partial charge in [-0.05, 0) is 44.6 Å². The zero-order valence-corrected chi connectivity index (χ0v) is 15.5. The van der Waals surface area contributed by atoms with Gasteiger partial charge >= 0.3 is 0 Å². The van der Waals surface area contributed by atoms with Crippen LogP contribution < -0.4 is 10.0 Å². The molecule has 0 unspecified atom stereocenters. The van der Waals surface area contributed by atoms with Gasteiger partial charge in [0.2, 0.25) is 15.9 Å². The largest absolute Gasteiger partial charge is 0.342 e. The molecule has 2 aliphatic heterocycles. The van der Waals surface area contributed by atoms with Gasteiger partial charge in [-0.1, -0.05) is 19.8 Å². The van der Waals surface area contributed by atoms with E-state index in [9.17, 15) is 13.2 Å². The maximum absolute atomic E-state index is 13.2. The molecule has 3 fully saturated rings. The van der Waals surface area contributed by atoms with E-state index in [1.54, 1.807) is 0 Å². The van der Waals surface area contributed by atoms with E-state index in [1.165, 1.54) is 6.42 Å². The molecule has 0 spiro atoms. The van der Waals surface area contributed by atoms with Crippen LogP contribution in [-0.4, -0.2) is 57.2 Å². The third kappa shape index (κ3) is 3.63. The Morgan fingerprint density at radius 3 is 2.71 bits per heavy atom. The molecular weight excluding hydrogens is 326 g/mol. The van der Waals surface area contributed by atoms with Crippen LogP contribution in [-0.2, 0) is 14.8 Å². The minimum Gasteiger partial charge on any atom is -0.342 e. The Balaban J connectivity index is 1.57. The second kappa shape index (κ2) is 7.30. The smallest absolute Gasteiger partial charge is 0.230 e. The average Bonchev–Trinajstić information content (AvgIpc) is 2.99. The summed E-state index contributed by atoms with van der Waals surface area (Å²) in [6, 6.07) is -0.0213. The van der Waals surface area contributed by atoms with E-state index < -0.39 is 10.0 Å². The van der Waals surface area contributed by atoms with Crippen LogP contribution in [0.1, 0.15) is 51.9 Å². The van der Waals surface area contributed by atoms with Crippen molar-refractivity contribution in [1.29, 1.82) is 0 Å². The third-order valence-electron chi connectivity index (χ3n) is 6.07. The van der Waals surface area contributed by atoms with Gasteiger partial charge in [-0.15, -0.1) is 0 Å². The quantitative estimate of drug-likeness (QED) is 0.772. The van der Waals surface area contributed by atoms with Crippen molar-refractivity contribution in [3.05, 3.63) is 0 Å². The molecule has 24 heavy (non-hydrogen) atoms. The lowest BCUT2D eigenvalue weighted by Crippen LogP contribution is -2.54. The zero-order chi connectivity index (χ0) is 17.2. The molecule has 1 amide bonds. The molecule has 3 rings (SSSR count). The number of carbonyl (C=O) groups excluding carboxylic acids is 1. The fourth-order valence-electron chi connectivity index (χ4n) is 4.77. The van der Waals surface area contributed by atoms with Crippen molar-refractivity contribution in [2.75, 3.05) is 31.9 Å². The van der Waals surface area contributed by atoms with Gasteiger partial charge in [0.25, 0.3) is 0 Å². The molecule has 2 atom stereocenters. The Kier molecular flexibility index (Phi) is 5.52. The van der Waals surface area contributed by atoms with Crippen LogP contribution in [0, 0.1) is 11.3 Å². The van der Waals surface area contributed by atoms with Crippen molar-refractivity contribution in [3.63, 3.8) is 0 Å². The molecule has 0 bridgehead atoms. The number of hydrogen-bond acceptors (Lipinski definition) is 4. The summed E-state index contributed by atoms with van der Waals surface area (Å²) < 4.78 is 26.6. The molecule has 138 valence electrons. The van der Waals surface area contributed by atoms with E-state index in [0.717, 1.165) is 45.2 Å². The number of rotatable bonds is 5. The Hall–Kier alpha value is -0.660. The first-order valence-corrected chi connectivity index (χ1v) is 11.1. The molecule has 2 saturated heterocycles. The lowest BCUT2D eigenvalue weighted by molar-refractivity contribution is -0.146. The van der Waals surface area contributed by atoms with Crippen LogP contribution in [0.3, 0.4) is 0 Å². The molecule has 0 radical (unpaired) electrons. The highest BCUT2D eigenvalue weighted by Crippen LogP contribution is 2.45. The maximum atomic E-state index is 13.2. The van der Waals surface area contributed by atoms with Crippen molar-refractivity contribution in [1.82, 2.24) is 14.9 Å². The molecule has 2 N–H and O–H groups in total. The maximum Gasteiger partial charge on any atom is 0.230 e. The van der Waals surface area contributed by atoms with Gasteiger partial charge in [-0.25, -0.2) is 13.1 Å². The summed E-state index contributed by atoms with van der Waals surface area (Å²) in [5.41, 5.74) is -0.188. The van der Waals surface area contributed by atoms with E-state index in [2.05, 4.69) is 10.0 Å². The molecule has 1 saturated carbocycles. The summed E-state index contributed by atoms with van der Waals surface area (Å²) in [6.07, 6.45) is 6.63. The topological polar surface area (TPSA) is 78.5 Å². The Labute approximate surface area is 145 Å². The fraction of sp³-hybridized carbons (Fsp3) is 0.941. The lowest BCUT2D eigenvalue weighted by atomic mass is 9.67. The number of carbonyl (C=O) groups is 1. The Morgan fingerprint density at radius 1 is 1.25 bits per heavy atom. The SMILES string of the molecule is CCCS(=O)(=O)NC1CCN(C(=O)[C@@]23CCCC[C@H]2CNC3)CC1. The number of nitrogens with zero attached hydrogens (tertiary/aromatic N) is 1. The van der Waals surface area contributed by atoms with Crippen LogP contribution >= 0.6 is 0 Å². The predicted molar refractivity (Wildman–Crippen MR) is 94.1 cm³/mol. The predicted octanol–water partition coefficient (Wildman–Crippen LogP) is 1.09. The molecule has 1 aliphatic carbocycles. The highest BCUT2D eigenvalue weighted by atomic mass is 32.2. The van der Waals surface area contributed by atoms with E-state index >= 15 is 0 Å². The average molecular weight is 358 g/mol. The van der Waals surface area contributed by atoms with Crippen molar-refractivity contribution < 1.29 is 13.2 Å². The zero-order valence-electron chi connectivity index (χ0n) is 14.7. The lowest BCUT2D eigenvalue weighted by Gasteiger charge is -2.43. The van der Waals surface area contributed by atoms with E-state index in [0.29, 0.717) is 31.3 Å². The summed E-state index contributed by atoms with van der Waals surface area (Å²) in [5.74, 6) is 0.981. The molecule has 0 aromatic carbocycles. The number of piperidine rings is 1. The normalized spacial score (nSPS) is 31.9. The van der Waals surface area contributed by atoms with Crippen molar-refractivity contribution in [2.45, 2.75) is 57.9 Å². The number of sulfonamides is 1. The van der Waals surface area contributed by atoms with Gasteiger partial charge in [0, 0.05) is 25.7 Å². The minimum atomic E-state index is -3.17. The summed E-state index contributed by atoms with van der Waals surface area (Å²) >= 11 is 0. The second-order valence-corrected chi connectivity index (χ2v) is 9.61. The Bertz CT molecular complexity index is 557. The summed E-state index contributed by atoms with van der Waals surface area (Å²) in [5, 5.41) is 3.44. The van der Waals surface area contributed by atoms with Crippen LogP contribution in [0.2, 0.25) is 0 Å². The van der Waals surface area contributed by atoms with Crippen molar-refractivity contribution in [3.8, 4) is 0 Å². The number of amides is 1. The van der Waals surface area contributed by atoms with Gasteiger partial charge in [-0.2, -0.15) is 0 Å². The second-order valence-electron chi connectivity index (χ2n) is 7.73. The number of nitrogens with one attached hydrogen (secondary N) is 2. The van der Waals surface area contributed by atoms with Crippen LogP contribution in [0.5, 0.6) is 0 Å². The first-order chi connectivity index (χ1) is 11.5. The van der Waals surface area contributed by atoms with Crippen LogP contribution in [0.25, 0.3) is 0 Å². The van der Waals surface area contributed by atoms with Gasteiger partial charge < -0.3 is 10.2 Å². The molecular formula is C17H31N3O3S. The summed E-state index contributed by atoms with van der Waals surface area (Å²) in [7, 11) is -3.17. The molecule has 2 heterocycles. The number of likely N-dealkylation sites (tertiary alicyclic amines) is 1. The highest BCUT2D eigenvalue weighted by molar-refractivity contribution is 7.89. The minimum absolute atomic E-state index is 0.0213. The molecule has 7 heteroatoms. The standard InChI is InChI=1S/C17H31N3O3S/c1-2-11-24(22,23)19-15-6-9-20(10-7-15)16(21)17-8-4-3-5-14(17)12-18-13-17/h14-15,18-19H,2-13H2,1H3/t14-,17+/m0/s1. The van der Waals surface area contributed by atoms with E-state index in [-0.39, 0.29) is 17.2 Å². The Morgan fingerprint density at radius 2 is 2.00 bits per heavy atom. The van der Waals surface area contributed by atoms with Crippen LogP contribution in [0.4, 0.5) is 0 Å².